The van der Waals surface area contributed by atoms with Gasteiger partial charge in [0.05, 0.1) is 18.3 Å². The van der Waals surface area contributed by atoms with E-state index in [1.165, 1.54) is 11.3 Å². The Morgan fingerprint density at radius 3 is 2.56 bits per heavy atom. The molecular formula is C19H28N2O5S. The predicted molar refractivity (Wildman–Crippen MR) is 104 cm³/mol. The number of ether oxygens (including phenoxy) is 2. The molecule has 2 rings (SSSR count). The number of rotatable bonds is 4. The van der Waals surface area contributed by atoms with E-state index in [0.717, 1.165) is 10.4 Å². The van der Waals surface area contributed by atoms with Gasteiger partial charge in [-0.3, -0.25) is 9.59 Å². The highest BCUT2D eigenvalue weighted by atomic mass is 32.1. The highest BCUT2D eigenvalue weighted by Crippen LogP contribution is 2.34. The lowest BCUT2D eigenvalue weighted by Crippen LogP contribution is -2.46. The number of amides is 2. The number of carbonyl (C=O) groups excluding carboxylic acids is 3. The topological polar surface area (TPSA) is 84.9 Å². The number of nitrogens with zero attached hydrogens (tertiary/aromatic N) is 1. The zero-order chi connectivity index (χ0) is 20.4. The fourth-order valence-electron chi connectivity index (χ4n) is 2.59. The number of hydrogen-bond donors (Lipinski definition) is 1. The van der Waals surface area contributed by atoms with Crippen LogP contribution in [-0.2, 0) is 19.1 Å². The maximum absolute atomic E-state index is 12.6. The summed E-state index contributed by atoms with van der Waals surface area (Å²) in [7, 11) is 0. The molecule has 1 unspecified atom stereocenters. The summed E-state index contributed by atoms with van der Waals surface area (Å²) in [5.74, 6) is -1.03. The van der Waals surface area contributed by atoms with Crippen LogP contribution in [0.2, 0.25) is 0 Å². The molecular weight excluding hydrogens is 368 g/mol. The molecule has 1 aromatic heterocycles. The van der Waals surface area contributed by atoms with Gasteiger partial charge in [-0.1, -0.05) is 20.8 Å². The van der Waals surface area contributed by atoms with Crippen molar-refractivity contribution in [3.8, 4) is 0 Å². The third-order valence-electron chi connectivity index (χ3n) is 4.42. The Hall–Kier alpha value is -1.93. The largest absolute Gasteiger partial charge is 0.452 e. The quantitative estimate of drug-likeness (QED) is 0.791. The van der Waals surface area contributed by atoms with E-state index >= 15 is 0 Å². The van der Waals surface area contributed by atoms with Gasteiger partial charge in [0.15, 0.2) is 6.61 Å². The van der Waals surface area contributed by atoms with Crippen LogP contribution in [0.3, 0.4) is 0 Å². The van der Waals surface area contributed by atoms with E-state index in [-0.39, 0.29) is 24.5 Å². The Morgan fingerprint density at radius 1 is 1.30 bits per heavy atom. The summed E-state index contributed by atoms with van der Waals surface area (Å²) in [5, 5.41) is 3.28. The van der Waals surface area contributed by atoms with Crippen LogP contribution in [-0.4, -0.2) is 55.1 Å². The lowest BCUT2D eigenvalue weighted by molar-refractivity contribution is -0.141. The minimum atomic E-state index is -0.601. The summed E-state index contributed by atoms with van der Waals surface area (Å²) in [6.07, 6.45) is -0.0283. The van der Waals surface area contributed by atoms with Gasteiger partial charge in [-0.2, -0.15) is 0 Å². The van der Waals surface area contributed by atoms with Gasteiger partial charge in [0, 0.05) is 23.4 Å². The van der Waals surface area contributed by atoms with Crippen molar-refractivity contribution in [1.29, 1.82) is 0 Å². The van der Waals surface area contributed by atoms with Crippen molar-refractivity contribution < 1.29 is 23.9 Å². The molecule has 2 amide bonds. The van der Waals surface area contributed by atoms with Crippen molar-refractivity contribution in [2.45, 2.75) is 47.6 Å². The molecule has 1 atom stereocenters. The second kappa shape index (κ2) is 8.39. The smallest absolute Gasteiger partial charge is 0.341 e. The van der Waals surface area contributed by atoms with Gasteiger partial charge < -0.3 is 19.7 Å². The number of nitrogens with one attached hydrogen (secondary N) is 1. The minimum absolute atomic E-state index is 0.0283. The van der Waals surface area contributed by atoms with Crippen LogP contribution in [0.1, 0.15) is 48.5 Å². The molecule has 1 aromatic rings. The van der Waals surface area contributed by atoms with E-state index in [9.17, 15) is 14.4 Å². The van der Waals surface area contributed by atoms with E-state index in [1.807, 2.05) is 13.8 Å². The predicted octanol–water partition coefficient (Wildman–Crippen LogP) is 2.75. The zero-order valence-corrected chi connectivity index (χ0v) is 17.6. The molecule has 1 saturated heterocycles. The van der Waals surface area contributed by atoms with Gasteiger partial charge >= 0.3 is 5.97 Å². The third-order valence-corrected chi connectivity index (χ3v) is 5.54. The molecule has 0 spiro atoms. The fourth-order valence-corrected chi connectivity index (χ4v) is 3.63. The van der Waals surface area contributed by atoms with Gasteiger partial charge in [0.1, 0.15) is 5.00 Å². The van der Waals surface area contributed by atoms with E-state index in [0.29, 0.717) is 30.3 Å². The molecule has 0 aromatic carbocycles. The number of esters is 1. The van der Waals surface area contributed by atoms with Crippen LogP contribution >= 0.6 is 11.3 Å². The zero-order valence-electron chi connectivity index (χ0n) is 16.8. The van der Waals surface area contributed by atoms with Crippen LogP contribution in [0, 0.1) is 19.3 Å². The standard InChI is InChI=1S/C19H28N2O5S/c1-11-9-21(7-8-25-11)14(22)10-26-17(23)15-12(2)13(3)27-16(15)20-18(24)19(4,5)6/h11H,7-10H2,1-6H3,(H,20,24). The van der Waals surface area contributed by atoms with Crippen LogP contribution in [0.15, 0.2) is 0 Å². The first-order valence-electron chi connectivity index (χ1n) is 8.98. The highest BCUT2D eigenvalue weighted by Gasteiger charge is 2.28. The van der Waals surface area contributed by atoms with Crippen molar-refractivity contribution in [3.63, 3.8) is 0 Å². The Labute approximate surface area is 164 Å². The molecule has 8 heteroatoms. The lowest BCUT2D eigenvalue weighted by Gasteiger charge is -2.30. The first-order chi connectivity index (χ1) is 12.5. The van der Waals surface area contributed by atoms with E-state index in [2.05, 4.69) is 5.32 Å². The van der Waals surface area contributed by atoms with Gasteiger partial charge in [-0.25, -0.2) is 4.79 Å². The number of aryl methyl sites for hydroxylation is 1. The number of morpholine rings is 1. The molecule has 1 aliphatic rings. The number of anilines is 1. The van der Waals surface area contributed by atoms with Crippen molar-refractivity contribution >= 4 is 34.1 Å². The molecule has 2 heterocycles. The van der Waals surface area contributed by atoms with Crippen LogP contribution in [0.5, 0.6) is 0 Å². The van der Waals surface area contributed by atoms with Crippen molar-refractivity contribution in [2.24, 2.45) is 5.41 Å². The normalized spacial score (nSPS) is 17.6. The SMILES string of the molecule is Cc1sc(NC(=O)C(C)(C)C)c(C(=O)OCC(=O)N2CCOC(C)C2)c1C. The number of hydrogen-bond acceptors (Lipinski definition) is 6. The van der Waals surface area contributed by atoms with Crippen LogP contribution in [0.4, 0.5) is 5.00 Å². The highest BCUT2D eigenvalue weighted by molar-refractivity contribution is 7.16. The minimum Gasteiger partial charge on any atom is -0.452 e. The average molecular weight is 397 g/mol. The van der Waals surface area contributed by atoms with E-state index < -0.39 is 11.4 Å². The first-order valence-corrected chi connectivity index (χ1v) is 9.80. The molecule has 1 N–H and O–H groups in total. The van der Waals surface area contributed by atoms with Crippen molar-refractivity contribution in [1.82, 2.24) is 4.90 Å². The van der Waals surface area contributed by atoms with Gasteiger partial charge in [0.25, 0.3) is 5.91 Å². The molecule has 1 fully saturated rings. The molecule has 0 saturated carbocycles. The summed E-state index contributed by atoms with van der Waals surface area (Å²) in [5.41, 5.74) is 0.482. The second-order valence-electron chi connectivity index (χ2n) is 7.79. The van der Waals surface area contributed by atoms with E-state index in [1.54, 1.807) is 32.6 Å². The number of thiophene rings is 1. The fraction of sp³-hybridized carbons (Fsp3) is 0.632. The Balaban J connectivity index is 2.07. The summed E-state index contributed by atoms with van der Waals surface area (Å²) in [6.45, 7) is 12.1. The molecule has 0 radical (unpaired) electrons. The summed E-state index contributed by atoms with van der Waals surface area (Å²) in [6, 6.07) is 0. The monoisotopic (exact) mass is 396 g/mol. The third kappa shape index (κ3) is 5.29. The van der Waals surface area contributed by atoms with E-state index in [4.69, 9.17) is 9.47 Å². The molecule has 0 bridgehead atoms. The average Bonchev–Trinajstić information content (AvgIpc) is 2.85. The Kier molecular flexibility index (Phi) is 6.64. The summed E-state index contributed by atoms with van der Waals surface area (Å²) >= 11 is 1.33. The molecule has 150 valence electrons. The lowest BCUT2D eigenvalue weighted by atomic mass is 9.96. The van der Waals surface area contributed by atoms with Crippen LogP contribution < -0.4 is 5.32 Å². The molecule has 0 aliphatic carbocycles. The first kappa shape index (κ1) is 21.4. The summed E-state index contributed by atoms with van der Waals surface area (Å²) in [4.78, 5) is 39.8. The molecule has 7 nitrogen and oxygen atoms in total. The Morgan fingerprint density at radius 2 is 1.96 bits per heavy atom. The second-order valence-corrected chi connectivity index (χ2v) is 9.01. The van der Waals surface area contributed by atoms with Gasteiger partial charge in [-0.05, 0) is 26.3 Å². The summed E-state index contributed by atoms with van der Waals surface area (Å²) < 4.78 is 10.7. The van der Waals surface area contributed by atoms with Crippen molar-refractivity contribution in [3.05, 3.63) is 16.0 Å². The molecule has 27 heavy (non-hydrogen) atoms. The maximum Gasteiger partial charge on any atom is 0.341 e. The Bertz CT molecular complexity index is 735. The maximum atomic E-state index is 12.6. The van der Waals surface area contributed by atoms with Crippen molar-refractivity contribution in [2.75, 3.05) is 31.6 Å². The van der Waals surface area contributed by atoms with Gasteiger partial charge in [0.2, 0.25) is 5.91 Å². The molecule has 1 aliphatic heterocycles. The number of carbonyl (C=O) groups is 3. The van der Waals surface area contributed by atoms with Crippen LogP contribution in [0.25, 0.3) is 0 Å². The van der Waals surface area contributed by atoms with Gasteiger partial charge in [-0.15, -0.1) is 11.3 Å².